The van der Waals surface area contributed by atoms with Gasteiger partial charge in [-0.15, -0.1) is 0 Å². The van der Waals surface area contributed by atoms with Crippen LogP contribution in [0.1, 0.15) is 99.8 Å². The van der Waals surface area contributed by atoms with E-state index in [1.807, 2.05) is 0 Å². The fourth-order valence-electron chi connectivity index (χ4n) is 3.00. The molecule has 154 valence electrons. The lowest BCUT2D eigenvalue weighted by Gasteiger charge is -2.34. The van der Waals surface area contributed by atoms with E-state index in [9.17, 15) is 9.59 Å². The van der Waals surface area contributed by atoms with Crippen molar-refractivity contribution in [2.45, 2.75) is 99.8 Å². The zero-order valence-corrected chi connectivity index (χ0v) is 18.6. The Labute approximate surface area is 163 Å². The number of ether oxygens (including phenoxy) is 1. The number of carbonyl (C=O) groups is 2. The molecule has 3 heteroatoms. The molecule has 0 aliphatic carbocycles. The maximum Gasteiger partial charge on any atom is 0.155 e. The lowest BCUT2D eigenvalue weighted by Crippen LogP contribution is -2.30. The first-order valence-corrected chi connectivity index (χ1v) is 10.5. The number of ketones is 2. The summed E-state index contributed by atoms with van der Waals surface area (Å²) in [5, 5.41) is 0. The van der Waals surface area contributed by atoms with Crippen molar-refractivity contribution in [2.75, 3.05) is 13.2 Å². The number of allylic oxidation sites excluding steroid dienone is 1. The van der Waals surface area contributed by atoms with Gasteiger partial charge in [0.15, 0.2) is 5.78 Å². The van der Waals surface area contributed by atoms with Gasteiger partial charge in [0, 0.05) is 12.8 Å². The summed E-state index contributed by atoms with van der Waals surface area (Å²) in [6.45, 7) is 20.4. The van der Waals surface area contributed by atoms with E-state index in [4.69, 9.17) is 4.74 Å². The minimum atomic E-state index is -0.0646. The first-order chi connectivity index (χ1) is 12.2. The van der Waals surface area contributed by atoms with Gasteiger partial charge in [0.1, 0.15) is 5.78 Å². The van der Waals surface area contributed by atoms with Crippen LogP contribution < -0.4 is 0 Å². The van der Waals surface area contributed by atoms with Crippen molar-refractivity contribution in [1.82, 2.24) is 0 Å². The van der Waals surface area contributed by atoms with Crippen molar-refractivity contribution in [2.24, 2.45) is 10.8 Å². The second kappa shape index (κ2) is 15.1. The average molecular weight is 369 g/mol. The minimum absolute atomic E-state index is 0.0465. The van der Waals surface area contributed by atoms with Gasteiger partial charge in [0.25, 0.3) is 0 Å². The molecule has 0 fully saturated rings. The van der Waals surface area contributed by atoms with Gasteiger partial charge in [-0.25, -0.2) is 0 Å². The molecular formula is C23H44O3. The second-order valence-electron chi connectivity index (χ2n) is 7.49. The molecule has 0 aromatic rings. The topological polar surface area (TPSA) is 43.4 Å². The molecule has 0 amide bonds. The van der Waals surface area contributed by atoms with Crippen LogP contribution in [0.25, 0.3) is 0 Å². The molecule has 0 aliphatic heterocycles. The highest BCUT2D eigenvalue weighted by molar-refractivity contribution is 5.91. The van der Waals surface area contributed by atoms with Crippen molar-refractivity contribution in [3.05, 3.63) is 12.7 Å². The lowest BCUT2D eigenvalue weighted by atomic mass is 9.79. The first kappa shape index (κ1) is 27.3. The van der Waals surface area contributed by atoms with Crippen LogP contribution in [0.4, 0.5) is 0 Å². The summed E-state index contributed by atoms with van der Waals surface area (Å²) in [5.41, 5.74) is 0.835. The van der Waals surface area contributed by atoms with Gasteiger partial charge in [0.05, 0.1) is 13.2 Å². The predicted molar refractivity (Wildman–Crippen MR) is 113 cm³/mol. The maximum atomic E-state index is 10.4. The van der Waals surface area contributed by atoms with Crippen LogP contribution in [0.3, 0.4) is 0 Å². The minimum Gasteiger partial charge on any atom is -0.380 e. The van der Waals surface area contributed by atoms with Gasteiger partial charge in [-0.1, -0.05) is 48.1 Å². The zero-order valence-electron chi connectivity index (χ0n) is 18.6. The highest BCUT2D eigenvalue weighted by Gasteiger charge is 2.28. The molecule has 0 rings (SSSR count). The molecule has 26 heavy (non-hydrogen) atoms. The molecule has 0 N–H and O–H groups in total. The highest BCUT2D eigenvalue weighted by atomic mass is 16.5. The van der Waals surface area contributed by atoms with Crippen molar-refractivity contribution >= 4 is 11.6 Å². The van der Waals surface area contributed by atoms with Gasteiger partial charge in [-0.3, -0.25) is 4.79 Å². The highest BCUT2D eigenvalue weighted by Crippen LogP contribution is 2.34. The van der Waals surface area contributed by atoms with E-state index in [0.29, 0.717) is 23.7 Å². The zero-order chi connectivity index (χ0) is 20.6. The number of carbonyl (C=O) groups excluding carboxylic acids is 2. The van der Waals surface area contributed by atoms with E-state index < -0.39 is 0 Å². The van der Waals surface area contributed by atoms with Gasteiger partial charge in [-0.05, 0) is 62.4 Å². The molecule has 0 bridgehead atoms. The summed E-state index contributed by atoms with van der Waals surface area (Å²) in [5.74, 6) is -0.0181. The molecule has 0 heterocycles. The van der Waals surface area contributed by atoms with Gasteiger partial charge >= 0.3 is 0 Å². The van der Waals surface area contributed by atoms with Crippen molar-refractivity contribution in [3.63, 3.8) is 0 Å². The predicted octanol–water partition coefficient (Wildman–Crippen LogP) is 6.55. The summed E-state index contributed by atoms with van der Waals surface area (Å²) >= 11 is 0. The Kier molecular flexibility index (Phi) is 15.9. The maximum absolute atomic E-state index is 10.4. The number of rotatable bonds is 14. The number of hydrogen-bond donors (Lipinski definition) is 0. The van der Waals surface area contributed by atoms with Crippen molar-refractivity contribution in [3.8, 4) is 0 Å². The Morgan fingerprint density at radius 2 is 1.12 bits per heavy atom. The number of hydrogen-bond acceptors (Lipinski definition) is 3. The largest absolute Gasteiger partial charge is 0.380 e. The van der Waals surface area contributed by atoms with Gasteiger partial charge < -0.3 is 9.53 Å². The first-order valence-electron chi connectivity index (χ1n) is 10.5. The van der Waals surface area contributed by atoms with Gasteiger partial charge in [0.2, 0.25) is 0 Å². The third kappa shape index (κ3) is 10.9. The molecule has 0 aliphatic rings. The molecule has 0 saturated carbocycles. The summed E-state index contributed by atoms with van der Waals surface area (Å²) in [4.78, 5) is 20.7. The molecule has 0 radical (unpaired) electrons. The monoisotopic (exact) mass is 368 g/mol. The van der Waals surface area contributed by atoms with Crippen LogP contribution >= 0.6 is 0 Å². The average Bonchev–Trinajstić information content (AvgIpc) is 2.68. The van der Waals surface area contributed by atoms with Crippen LogP contribution in [-0.4, -0.2) is 24.8 Å². The van der Waals surface area contributed by atoms with Crippen LogP contribution in [0, 0.1) is 10.8 Å². The molecule has 3 nitrogen and oxygen atoms in total. The Balaban J connectivity index is 0. The standard InChI is InChI=1S/C16H34O.C7H10O2/c1-7-15(8-2,9-3)13-17-14-16(10-4,11-5)12-6;1-3-7(9)5-4-6(2)8/h7-14H2,1-6H3;3H,1,4-5H2,2H3. The van der Waals surface area contributed by atoms with Gasteiger partial charge in [-0.2, -0.15) is 0 Å². The molecule has 0 atom stereocenters. The Morgan fingerprint density at radius 1 is 0.769 bits per heavy atom. The third-order valence-corrected chi connectivity index (χ3v) is 6.27. The lowest BCUT2D eigenvalue weighted by molar-refractivity contribution is -0.120. The van der Waals surface area contributed by atoms with Crippen LogP contribution in [-0.2, 0) is 14.3 Å². The van der Waals surface area contributed by atoms with E-state index in [-0.39, 0.29) is 11.6 Å². The molecule has 0 aromatic carbocycles. The Hall–Kier alpha value is -0.960. The van der Waals surface area contributed by atoms with E-state index in [0.717, 1.165) is 13.2 Å². The summed E-state index contributed by atoms with van der Waals surface area (Å²) < 4.78 is 6.11. The fourth-order valence-corrected chi connectivity index (χ4v) is 3.00. The van der Waals surface area contributed by atoms with Crippen molar-refractivity contribution in [1.29, 1.82) is 0 Å². The Morgan fingerprint density at radius 3 is 1.35 bits per heavy atom. The number of Topliss-reactive ketones (excluding diaryl/α,β-unsaturated/α-hetero) is 1. The molecule has 0 saturated heterocycles. The summed E-state index contributed by atoms with van der Waals surface area (Å²) in [6.07, 6.45) is 9.28. The van der Waals surface area contributed by atoms with Crippen LogP contribution in [0.15, 0.2) is 12.7 Å². The molecule has 0 spiro atoms. The smallest absolute Gasteiger partial charge is 0.155 e. The van der Waals surface area contributed by atoms with E-state index in [1.165, 1.54) is 51.5 Å². The normalized spacial score (nSPS) is 11.5. The Bertz CT molecular complexity index is 354. The molecule has 0 aromatic heterocycles. The SMILES string of the molecule is C=CC(=O)CCC(C)=O.CCC(CC)(CC)COCC(CC)(CC)CC. The van der Waals surface area contributed by atoms with Crippen molar-refractivity contribution < 1.29 is 14.3 Å². The van der Waals surface area contributed by atoms with E-state index >= 15 is 0 Å². The quantitative estimate of drug-likeness (QED) is 0.327. The fraction of sp³-hybridized carbons (Fsp3) is 0.826. The van der Waals surface area contributed by atoms with Crippen LogP contribution in [0.2, 0.25) is 0 Å². The van der Waals surface area contributed by atoms with E-state index in [1.54, 1.807) is 0 Å². The third-order valence-electron chi connectivity index (χ3n) is 6.27. The second-order valence-corrected chi connectivity index (χ2v) is 7.49. The molecule has 0 unspecified atom stereocenters. The van der Waals surface area contributed by atoms with Crippen LogP contribution in [0.5, 0.6) is 0 Å². The van der Waals surface area contributed by atoms with E-state index in [2.05, 4.69) is 48.1 Å². The summed E-state index contributed by atoms with van der Waals surface area (Å²) in [6, 6.07) is 0. The molecular weight excluding hydrogens is 324 g/mol. The summed E-state index contributed by atoms with van der Waals surface area (Å²) in [7, 11) is 0.